The molecule has 0 fully saturated rings. The van der Waals surface area contributed by atoms with Crippen LogP contribution in [0.25, 0.3) is 10.9 Å². The van der Waals surface area contributed by atoms with Gasteiger partial charge in [-0.2, -0.15) is 0 Å². The first-order valence-electron chi connectivity index (χ1n) is 9.01. The molecule has 4 nitrogen and oxygen atoms in total. The van der Waals surface area contributed by atoms with Crippen LogP contribution in [-0.4, -0.2) is 22.3 Å². The highest BCUT2D eigenvalue weighted by atomic mass is 35.5. The summed E-state index contributed by atoms with van der Waals surface area (Å²) in [5.74, 6) is 0.143. The Morgan fingerprint density at radius 1 is 1.15 bits per heavy atom. The van der Waals surface area contributed by atoms with E-state index in [2.05, 4.69) is 4.98 Å². The largest absolute Gasteiger partial charge is 0.334 e. The predicted molar refractivity (Wildman–Crippen MR) is 110 cm³/mol. The summed E-state index contributed by atoms with van der Waals surface area (Å²) in [6, 6.07) is 14.7. The van der Waals surface area contributed by atoms with Gasteiger partial charge in [-0.05, 0) is 54.6 Å². The molecule has 1 amide bonds. The van der Waals surface area contributed by atoms with Crippen molar-refractivity contribution in [3.63, 3.8) is 0 Å². The Balaban J connectivity index is 1.97. The number of aromatic nitrogens is 1. The molecule has 140 valence electrons. The van der Waals surface area contributed by atoms with Crippen LogP contribution in [0, 0.1) is 12.8 Å². The quantitative estimate of drug-likeness (QED) is 0.689. The Bertz CT molecular complexity index is 1040. The molecule has 5 heteroatoms. The Hall–Kier alpha value is -2.59. The van der Waals surface area contributed by atoms with E-state index in [4.69, 9.17) is 11.6 Å². The Kier molecular flexibility index (Phi) is 5.66. The third kappa shape index (κ3) is 4.58. The summed E-state index contributed by atoms with van der Waals surface area (Å²) in [5, 5.41) is 1.48. The van der Waals surface area contributed by atoms with Gasteiger partial charge in [-0.25, -0.2) is 0 Å². The van der Waals surface area contributed by atoms with E-state index in [1.165, 1.54) is 0 Å². The van der Waals surface area contributed by atoms with Crippen LogP contribution in [0.5, 0.6) is 0 Å². The number of hydrogen-bond donors (Lipinski definition) is 1. The number of amides is 1. The van der Waals surface area contributed by atoms with Crippen molar-refractivity contribution in [3.05, 3.63) is 80.6 Å². The minimum absolute atomic E-state index is 0.130. The number of aryl methyl sites for hydroxylation is 1. The number of carbonyl (C=O) groups excluding carboxylic acids is 1. The van der Waals surface area contributed by atoms with Crippen LogP contribution in [0.1, 0.15) is 35.3 Å². The van der Waals surface area contributed by atoms with Crippen LogP contribution in [0.2, 0.25) is 5.02 Å². The molecule has 0 bridgehead atoms. The number of H-pyrrole nitrogens is 1. The molecule has 0 spiro atoms. The number of halogens is 1. The number of nitrogens with one attached hydrogen (secondary N) is 1. The minimum Gasteiger partial charge on any atom is -0.334 e. The van der Waals surface area contributed by atoms with E-state index >= 15 is 0 Å². The second-order valence-corrected chi connectivity index (χ2v) is 7.74. The molecule has 0 radical (unpaired) electrons. The summed E-state index contributed by atoms with van der Waals surface area (Å²) in [7, 11) is 0. The van der Waals surface area contributed by atoms with Gasteiger partial charge in [-0.1, -0.05) is 43.1 Å². The third-order valence-electron chi connectivity index (χ3n) is 4.38. The van der Waals surface area contributed by atoms with Gasteiger partial charge >= 0.3 is 0 Å². The molecule has 0 unspecified atom stereocenters. The van der Waals surface area contributed by atoms with Crippen LogP contribution in [0.4, 0.5) is 0 Å². The lowest BCUT2D eigenvalue weighted by atomic mass is 10.1. The van der Waals surface area contributed by atoms with E-state index in [-0.39, 0.29) is 23.9 Å². The van der Waals surface area contributed by atoms with Crippen LogP contribution in [0.15, 0.2) is 53.3 Å². The van der Waals surface area contributed by atoms with E-state index in [1.54, 1.807) is 29.2 Å². The first-order chi connectivity index (χ1) is 12.8. The molecule has 0 aliphatic rings. The van der Waals surface area contributed by atoms with Gasteiger partial charge < -0.3 is 9.88 Å². The van der Waals surface area contributed by atoms with E-state index < -0.39 is 0 Å². The molecule has 3 aromatic rings. The highest BCUT2D eigenvalue weighted by Crippen LogP contribution is 2.17. The molecular formula is C22H23ClN2O2. The van der Waals surface area contributed by atoms with Gasteiger partial charge in [-0.3, -0.25) is 9.59 Å². The Morgan fingerprint density at radius 2 is 1.93 bits per heavy atom. The maximum absolute atomic E-state index is 13.0. The maximum Gasteiger partial charge on any atom is 0.254 e. The maximum atomic E-state index is 13.0. The van der Waals surface area contributed by atoms with Gasteiger partial charge in [-0.15, -0.1) is 0 Å². The zero-order chi connectivity index (χ0) is 19.6. The van der Waals surface area contributed by atoms with Gasteiger partial charge in [0, 0.05) is 28.2 Å². The highest BCUT2D eigenvalue weighted by molar-refractivity contribution is 6.30. The number of pyridine rings is 1. The number of carbonyl (C=O) groups is 1. The molecule has 0 saturated carbocycles. The molecule has 0 aliphatic heterocycles. The van der Waals surface area contributed by atoms with Crippen molar-refractivity contribution in [2.24, 2.45) is 5.92 Å². The second-order valence-electron chi connectivity index (χ2n) is 7.30. The van der Waals surface area contributed by atoms with Gasteiger partial charge in [0.1, 0.15) is 0 Å². The van der Waals surface area contributed by atoms with E-state index in [1.807, 2.05) is 45.0 Å². The van der Waals surface area contributed by atoms with Gasteiger partial charge in [0.25, 0.3) is 11.5 Å². The molecule has 0 atom stereocenters. The fraction of sp³-hybridized carbons (Fsp3) is 0.273. The van der Waals surface area contributed by atoms with Crippen LogP contribution in [-0.2, 0) is 6.54 Å². The van der Waals surface area contributed by atoms with Crippen molar-refractivity contribution in [1.29, 1.82) is 0 Å². The predicted octanol–water partition coefficient (Wildman–Crippen LogP) is 4.79. The number of rotatable bonds is 5. The Morgan fingerprint density at radius 3 is 2.63 bits per heavy atom. The molecule has 0 aliphatic carbocycles. The molecule has 1 aromatic heterocycles. The lowest BCUT2D eigenvalue weighted by Gasteiger charge is -2.25. The lowest BCUT2D eigenvalue weighted by Crippen LogP contribution is -2.35. The van der Waals surface area contributed by atoms with Crippen LogP contribution < -0.4 is 5.56 Å². The monoisotopic (exact) mass is 382 g/mol. The van der Waals surface area contributed by atoms with Crippen molar-refractivity contribution in [1.82, 2.24) is 9.88 Å². The smallest absolute Gasteiger partial charge is 0.254 e. The van der Waals surface area contributed by atoms with Crippen molar-refractivity contribution in [2.75, 3.05) is 6.54 Å². The van der Waals surface area contributed by atoms with Crippen LogP contribution >= 0.6 is 11.6 Å². The number of nitrogens with zero attached hydrogens (tertiary/aromatic N) is 1. The summed E-state index contributed by atoms with van der Waals surface area (Å²) in [6.07, 6.45) is 0. The van der Waals surface area contributed by atoms with Crippen molar-refractivity contribution >= 4 is 28.4 Å². The van der Waals surface area contributed by atoms with Gasteiger partial charge in [0.2, 0.25) is 0 Å². The standard InChI is InChI=1S/C22H23ClN2O2/c1-14(2)12-25(22(27)16-5-4-6-19(23)11-16)13-18-10-17-9-15(3)7-8-20(17)24-21(18)26/h4-11,14H,12-13H2,1-3H3,(H,24,26). The summed E-state index contributed by atoms with van der Waals surface area (Å²) in [6.45, 7) is 6.91. The normalized spacial score (nSPS) is 11.1. The first kappa shape index (κ1) is 19.2. The van der Waals surface area contributed by atoms with E-state index in [0.29, 0.717) is 22.7 Å². The summed E-state index contributed by atoms with van der Waals surface area (Å²) in [5.41, 5.74) is 2.85. The first-order valence-corrected chi connectivity index (χ1v) is 9.38. The molecule has 1 N–H and O–H groups in total. The average molecular weight is 383 g/mol. The number of fused-ring (bicyclic) bond motifs is 1. The number of aromatic amines is 1. The summed E-state index contributed by atoms with van der Waals surface area (Å²) < 4.78 is 0. The minimum atomic E-state index is -0.168. The van der Waals surface area contributed by atoms with Gasteiger partial charge in [0.05, 0.1) is 6.54 Å². The fourth-order valence-corrected chi connectivity index (χ4v) is 3.35. The third-order valence-corrected chi connectivity index (χ3v) is 4.62. The second kappa shape index (κ2) is 7.97. The summed E-state index contributed by atoms with van der Waals surface area (Å²) >= 11 is 6.04. The molecule has 3 rings (SSSR count). The number of benzene rings is 2. The van der Waals surface area contributed by atoms with E-state index in [9.17, 15) is 9.59 Å². The van der Waals surface area contributed by atoms with Crippen LogP contribution in [0.3, 0.4) is 0 Å². The van der Waals surface area contributed by atoms with Crippen molar-refractivity contribution in [3.8, 4) is 0 Å². The van der Waals surface area contributed by atoms with Crippen molar-refractivity contribution in [2.45, 2.75) is 27.3 Å². The van der Waals surface area contributed by atoms with E-state index in [0.717, 1.165) is 16.5 Å². The zero-order valence-electron chi connectivity index (χ0n) is 15.8. The SMILES string of the molecule is Cc1ccc2[nH]c(=O)c(CN(CC(C)C)C(=O)c3cccc(Cl)c3)cc2c1. The average Bonchev–Trinajstić information content (AvgIpc) is 2.61. The lowest BCUT2D eigenvalue weighted by molar-refractivity contribution is 0.0722. The van der Waals surface area contributed by atoms with Gasteiger partial charge in [0.15, 0.2) is 0 Å². The number of hydrogen-bond acceptors (Lipinski definition) is 2. The molecule has 2 aromatic carbocycles. The summed E-state index contributed by atoms with van der Waals surface area (Å²) in [4.78, 5) is 30.2. The molecule has 27 heavy (non-hydrogen) atoms. The zero-order valence-corrected chi connectivity index (χ0v) is 16.5. The molecule has 0 saturated heterocycles. The molecular weight excluding hydrogens is 360 g/mol. The topological polar surface area (TPSA) is 53.2 Å². The Labute approximate surface area is 163 Å². The fourth-order valence-electron chi connectivity index (χ4n) is 3.16. The van der Waals surface area contributed by atoms with Crippen molar-refractivity contribution < 1.29 is 4.79 Å². The highest BCUT2D eigenvalue weighted by Gasteiger charge is 2.19. The molecule has 1 heterocycles.